The third-order valence-electron chi connectivity index (χ3n) is 5.16. The van der Waals surface area contributed by atoms with Crippen molar-refractivity contribution in [3.63, 3.8) is 0 Å². The van der Waals surface area contributed by atoms with Gasteiger partial charge in [-0.05, 0) is 13.0 Å². The van der Waals surface area contributed by atoms with Crippen molar-refractivity contribution in [2.75, 3.05) is 32.8 Å². The second-order valence-electron chi connectivity index (χ2n) is 7.68. The molecule has 0 spiro atoms. The summed E-state index contributed by atoms with van der Waals surface area (Å²) in [6.07, 6.45) is 12.8. The van der Waals surface area contributed by atoms with E-state index in [1.54, 1.807) is 4.90 Å². The van der Waals surface area contributed by atoms with Gasteiger partial charge in [0.25, 0.3) is 0 Å². The molecule has 1 rings (SSSR count). The van der Waals surface area contributed by atoms with E-state index in [1.807, 2.05) is 0 Å². The third-order valence-corrected chi connectivity index (χ3v) is 8.84. The highest BCUT2D eigenvalue weighted by Gasteiger charge is 2.44. The summed E-state index contributed by atoms with van der Waals surface area (Å²) in [7, 11) is -9.68. The Balaban J connectivity index is 2.14. The maximum atomic E-state index is 11.4. The molecule has 0 unspecified atom stereocenters. The van der Waals surface area contributed by atoms with Crippen LogP contribution in [0.1, 0.15) is 71.1 Å². The van der Waals surface area contributed by atoms with Crippen LogP contribution in [0, 0.1) is 0 Å². The number of hydrogen-bond acceptors (Lipinski definition) is 4. The van der Waals surface area contributed by atoms with E-state index in [0.29, 0.717) is 13.2 Å². The Hall–Kier alpha value is 0.220. The monoisotopic (exact) mass is 428 g/mol. The van der Waals surface area contributed by atoms with Gasteiger partial charge in [0.2, 0.25) is 0 Å². The van der Waals surface area contributed by atoms with Gasteiger partial charge in [-0.1, -0.05) is 64.7 Å². The normalized spacial score (nSPS) is 17.3. The van der Waals surface area contributed by atoms with Crippen LogP contribution in [0.25, 0.3) is 0 Å². The summed E-state index contributed by atoms with van der Waals surface area (Å²) in [5.74, 6) is 0. The molecule has 0 aromatic carbocycles. The predicted octanol–water partition coefficient (Wildman–Crippen LogP) is 3.16. The molecule has 0 saturated carbocycles. The molecule has 0 aromatic rings. The molecule has 0 amide bonds. The average molecular weight is 428 g/mol. The van der Waals surface area contributed by atoms with E-state index in [2.05, 4.69) is 11.8 Å². The summed E-state index contributed by atoms with van der Waals surface area (Å²) < 4.78 is 22.8. The molecule has 1 saturated heterocycles. The van der Waals surface area contributed by atoms with Gasteiger partial charge in [-0.25, -0.2) is 0 Å². The van der Waals surface area contributed by atoms with E-state index in [1.165, 1.54) is 57.8 Å². The van der Waals surface area contributed by atoms with Crippen LogP contribution in [-0.2, 0) is 9.13 Å². The first-order valence-electron chi connectivity index (χ1n) is 10.2. The number of hydrogen-bond donors (Lipinski definition) is 4. The van der Waals surface area contributed by atoms with Crippen LogP contribution in [0.15, 0.2) is 0 Å². The minimum Gasteiger partial charge on any atom is -0.324 e. The average Bonchev–Trinajstić information content (AvgIpc) is 3.00. The van der Waals surface area contributed by atoms with Crippen LogP contribution in [0.5, 0.6) is 0 Å². The quantitative estimate of drug-likeness (QED) is 0.232. The van der Waals surface area contributed by atoms with Crippen molar-refractivity contribution >= 4 is 15.2 Å². The Morgan fingerprint density at radius 1 is 0.741 bits per heavy atom. The Kier molecular flexibility index (Phi) is 11.9. The van der Waals surface area contributed by atoms with Crippen LogP contribution in [0.2, 0.25) is 0 Å². The molecule has 1 heterocycles. The Labute approximate surface area is 163 Å². The standard InChI is InChI=1S/C17H38N2O6P2/c1-2-3-4-5-6-7-8-9-10-11-12-18-13-14-19(16-18)15-17(26(20,21)22)27(23,24)25/h17H,2-16H2,1H3,(H2,20,21,22)(H2,23,24,25). The second-order valence-corrected chi connectivity index (χ2v) is 11.7. The lowest BCUT2D eigenvalue weighted by atomic mass is 10.1. The maximum absolute atomic E-state index is 11.4. The molecule has 4 N–H and O–H groups in total. The van der Waals surface area contributed by atoms with Crippen molar-refractivity contribution in [3.05, 3.63) is 0 Å². The molecule has 1 fully saturated rings. The fourth-order valence-electron chi connectivity index (χ4n) is 3.50. The first-order valence-corrected chi connectivity index (χ1v) is 13.6. The fraction of sp³-hybridized carbons (Fsp3) is 1.00. The van der Waals surface area contributed by atoms with Gasteiger partial charge >= 0.3 is 15.2 Å². The van der Waals surface area contributed by atoms with E-state index in [9.17, 15) is 28.7 Å². The van der Waals surface area contributed by atoms with E-state index in [0.717, 1.165) is 19.5 Å². The van der Waals surface area contributed by atoms with Crippen molar-refractivity contribution in [1.82, 2.24) is 9.80 Å². The van der Waals surface area contributed by atoms with E-state index < -0.39 is 20.6 Å². The Morgan fingerprint density at radius 3 is 1.67 bits per heavy atom. The maximum Gasteiger partial charge on any atom is 0.342 e. The lowest BCUT2D eigenvalue weighted by Crippen LogP contribution is -2.32. The molecule has 0 radical (unpaired) electrons. The van der Waals surface area contributed by atoms with Crippen LogP contribution >= 0.6 is 15.2 Å². The molecule has 0 bridgehead atoms. The van der Waals surface area contributed by atoms with Crippen LogP contribution in [-0.4, -0.2) is 67.6 Å². The third kappa shape index (κ3) is 11.1. The highest BCUT2D eigenvalue weighted by molar-refractivity contribution is 7.70. The van der Waals surface area contributed by atoms with Crippen molar-refractivity contribution in [3.8, 4) is 0 Å². The largest absolute Gasteiger partial charge is 0.342 e. The van der Waals surface area contributed by atoms with Crippen molar-refractivity contribution in [2.45, 2.75) is 76.5 Å². The van der Waals surface area contributed by atoms with Crippen molar-refractivity contribution in [2.24, 2.45) is 0 Å². The first-order chi connectivity index (χ1) is 12.6. The molecule has 0 atom stereocenters. The SMILES string of the molecule is CCCCCCCCCCCCN1CCN(CC(P(=O)(O)O)P(=O)(O)O)C1. The summed E-state index contributed by atoms with van der Waals surface area (Å²) in [6, 6.07) is 0. The van der Waals surface area contributed by atoms with Gasteiger partial charge in [0, 0.05) is 19.6 Å². The van der Waals surface area contributed by atoms with Gasteiger partial charge < -0.3 is 19.6 Å². The smallest absolute Gasteiger partial charge is 0.324 e. The van der Waals surface area contributed by atoms with Crippen LogP contribution < -0.4 is 0 Å². The highest BCUT2D eigenvalue weighted by Crippen LogP contribution is 2.60. The van der Waals surface area contributed by atoms with Gasteiger partial charge in [0.05, 0.1) is 6.67 Å². The molecular formula is C17H38N2O6P2. The molecule has 8 nitrogen and oxygen atoms in total. The predicted molar refractivity (Wildman–Crippen MR) is 108 cm³/mol. The zero-order valence-corrected chi connectivity index (χ0v) is 18.4. The first kappa shape index (κ1) is 25.3. The zero-order chi connectivity index (χ0) is 20.3. The van der Waals surface area contributed by atoms with Gasteiger partial charge in [0.1, 0.15) is 0 Å². The van der Waals surface area contributed by atoms with Gasteiger partial charge in [-0.2, -0.15) is 0 Å². The summed E-state index contributed by atoms with van der Waals surface area (Å²) in [6.45, 7) is 4.73. The fourth-order valence-corrected chi connectivity index (χ4v) is 5.96. The summed E-state index contributed by atoms with van der Waals surface area (Å²) in [5, 5.41) is -1.93. The molecule has 162 valence electrons. The summed E-state index contributed by atoms with van der Waals surface area (Å²) >= 11 is 0. The second kappa shape index (κ2) is 12.7. The zero-order valence-electron chi connectivity index (χ0n) is 16.6. The number of rotatable bonds is 15. The van der Waals surface area contributed by atoms with Crippen molar-refractivity contribution < 1.29 is 28.7 Å². The van der Waals surface area contributed by atoms with Crippen LogP contribution in [0.4, 0.5) is 0 Å². The molecule has 27 heavy (non-hydrogen) atoms. The number of unbranched alkanes of at least 4 members (excludes halogenated alkanes) is 9. The molecule has 1 aliphatic rings. The van der Waals surface area contributed by atoms with E-state index >= 15 is 0 Å². The van der Waals surface area contributed by atoms with Gasteiger partial charge in [-0.15, -0.1) is 0 Å². The van der Waals surface area contributed by atoms with E-state index in [4.69, 9.17) is 0 Å². The van der Waals surface area contributed by atoms with E-state index in [-0.39, 0.29) is 6.54 Å². The lowest BCUT2D eigenvalue weighted by molar-refractivity contribution is 0.236. The summed E-state index contributed by atoms with van der Waals surface area (Å²) in [5.41, 5.74) is 0. The highest BCUT2D eigenvalue weighted by atomic mass is 31.2. The lowest BCUT2D eigenvalue weighted by Gasteiger charge is -2.25. The minimum atomic E-state index is -4.84. The van der Waals surface area contributed by atoms with Crippen LogP contribution in [0.3, 0.4) is 0 Å². The van der Waals surface area contributed by atoms with Gasteiger partial charge in [0.15, 0.2) is 5.40 Å². The Bertz CT molecular complexity index is 474. The minimum absolute atomic E-state index is 0.275. The molecular weight excluding hydrogens is 390 g/mol. The molecule has 0 aliphatic carbocycles. The molecule has 1 aliphatic heterocycles. The summed E-state index contributed by atoms with van der Waals surface area (Å²) in [4.78, 5) is 40.8. The molecule has 0 aromatic heterocycles. The number of nitrogens with zero attached hydrogens (tertiary/aromatic N) is 2. The molecule has 10 heteroatoms. The topological polar surface area (TPSA) is 122 Å². The van der Waals surface area contributed by atoms with Crippen molar-refractivity contribution in [1.29, 1.82) is 0 Å². The Morgan fingerprint density at radius 2 is 1.19 bits per heavy atom. The van der Waals surface area contributed by atoms with Gasteiger partial charge in [-0.3, -0.25) is 18.9 Å².